The summed E-state index contributed by atoms with van der Waals surface area (Å²) in [6.07, 6.45) is 4.12. The summed E-state index contributed by atoms with van der Waals surface area (Å²) in [6.45, 7) is 0. The SMILES string of the molecule is C[S+](C)CC1=C(C(=O)O)N2C(=O)C(N)[C@@H]2SC1. The Bertz CT molecular complexity index is 408. The van der Waals surface area contributed by atoms with E-state index < -0.39 is 12.0 Å². The van der Waals surface area contributed by atoms with E-state index in [1.54, 1.807) is 11.8 Å². The largest absolute Gasteiger partial charge is 0.477 e. The molecule has 0 aromatic rings. The van der Waals surface area contributed by atoms with Gasteiger partial charge >= 0.3 is 5.97 Å². The zero-order valence-corrected chi connectivity index (χ0v) is 11.3. The van der Waals surface area contributed by atoms with Crippen LogP contribution in [0.3, 0.4) is 0 Å². The third-order valence-corrected chi connectivity index (χ3v) is 5.04. The molecule has 2 heterocycles. The minimum Gasteiger partial charge on any atom is -0.477 e. The minimum atomic E-state index is -1.02. The average Bonchev–Trinajstić information content (AvgIpc) is 2.26. The fourth-order valence-corrected chi connectivity index (χ4v) is 4.40. The van der Waals surface area contributed by atoms with Crippen LogP contribution in [0, 0.1) is 0 Å². The molecule has 1 saturated heterocycles. The summed E-state index contributed by atoms with van der Waals surface area (Å²) in [5.74, 6) is 0.107. The van der Waals surface area contributed by atoms with Crippen LogP contribution in [-0.2, 0) is 20.5 Å². The maximum atomic E-state index is 11.6. The molecule has 0 aromatic carbocycles. The summed E-state index contributed by atoms with van der Waals surface area (Å²) in [5.41, 5.74) is 6.68. The van der Waals surface area contributed by atoms with Crippen molar-refractivity contribution in [2.45, 2.75) is 11.4 Å². The molecule has 0 radical (unpaired) electrons. The zero-order valence-electron chi connectivity index (χ0n) is 9.67. The van der Waals surface area contributed by atoms with Crippen molar-refractivity contribution in [1.82, 2.24) is 4.90 Å². The average molecular weight is 275 g/mol. The van der Waals surface area contributed by atoms with Gasteiger partial charge in [-0.3, -0.25) is 9.69 Å². The molecule has 1 unspecified atom stereocenters. The third kappa shape index (κ3) is 2.07. The second kappa shape index (κ2) is 4.55. The summed E-state index contributed by atoms with van der Waals surface area (Å²) >= 11 is 1.56. The zero-order chi connectivity index (χ0) is 12.7. The number of nitrogens with zero attached hydrogens (tertiary/aromatic N) is 1. The van der Waals surface area contributed by atoms with Crippen molar-refractivity contribution in [2.24, 2.45) is 5.73 Å². The van der Waals surface area contributed by atoms with Crippen molar-refractivity contribution in [1.29, 1.82) is 0 Å². The lowest BCUT2D eigenvalue weighted by atomic mass is 10.0. The van der Waals surface area contributed by atoms with E-state index in [9.17, 15) is 14.7 Å². The van der Waals surface area contributed by atoms with Gasteiger partial charge in [-0.2, -0.15) is 0 Å². The first-order valence-electron chi connectivity index (χ1n) is 5.13. The van der Waals surface area contributed by atoms with Gasteiger partial charge in [-0.05, 0) is 10.9 Å². The van der Waals surface area contributed by atoms with Gasteiger partial charge < -0.3 is 10.8 Å². The van der Waals surface area contributed by atoms with Crippen LogP contribution in [0.4, 0.5) is 0 Å². The number of hydrogen-bond donors (Lipinski definition) is 2. The maximum absolute atomic E-state index is 11.6. The number of carboxylic acid groups (broad SMARTS) is 1. The van der Waals surface area contributed by atoms with Crippen molar-refractivity contribution in [3.05, 3.63) is 11.3 Å². The number of carbonyl (C=O) groups is 2. The Hall–Kier alpha value is -0.660. The van der Waals surface area contributed by atoms with Crippen LogP contribution in [0.25, 0.3) is 0 Å². The van der Waals surface area contributed by atoms with Crippen LogP contribution in [0.2, 0.25) is 0 Å². The van der Waals surface area contributed by atoms with Gasteiger partial charge in [0, 0.05) is 11.3 Å². The van der Waals surface area contributed by atoms with Crippen LogP contribution in [0.5, 0.6) is 0 Å². The second-order valence-corrected chi connectivity index (χ2v) is 7.69. The first-order valence-corrected chi connectivity index (χ1v) is 8.39. The lowest BCUT2D eigenvalue weighted by Gasteiger charge is -2.47. The fraction of sp³-hybridized carbons (Fsp3) is 0.600. The molecule has 2 atom stereocenters. The normalized spacial score (nSPS) is 28.2. The van der Waals surface area contributed by atoms with Gasteiger partial charge in [0.1, 0.15) is 22.9 Å². The molecule has 0 aromatic heterocycles. The number of hydrogen-bond acceptors (Lipinski definition) is 4. The molecule has 1 amide bonds. The van der Waals surface area contributed by atoms with Gasteiger partial charge in [-0.25, -0.2) is 4.79 Å². The number of β-lactam (4-membered cyclic amide) rings is 1. The highest BCUT2D eigenvalue weighted by atomic mass is 32.2. The van der Waals surface area contributed by atoms with Gasteiger partial charge in [0.15, 0.2) is 0 Å². The summed E-state index contributed by atoms with van der Waals surface area (Å²) < 4.78 is 0. The van der Waals surface area contributed by atoms with E-state index in [1.165, 1.54) is 4.90 Å². The van der Waals surface area contributed by atoms with Gasteiger partial charge in [0.25, 0.3) is 0 Å². The molecule has 0 saturated carbocycles. The highest BCUT2D eigenvalue weighted by molar-refractivity contribution is 8.00. The lowest BCUT2D eigenvalue weighted by molar-refractivity contribution is -0.147. The number of aliphatic carboxylic acids is 1. The molecule has 1 fully saturated rings. The molecule has 94 valence electrons. The van der Waals surface area contributed by atoms with Crippen molar-refractivity contribution in [2.75, 3.05) is 24.0 Å². The lowest BCUT2D eigenvalue weighted by Crippen LogP contribution is -2.68. The Labute approximate surface area is 107 Å². The van der Waals surface area contributed by atoms with Crippen molar-refractivity contribution < 1.29 is 14.7 Å². The summed E-state index contributed by atoms with van der Waals surface area (Å²) in [5, 5.41) is 9.06. The van der Waals surface area contributed by atoms with Crippen LogP contribution in [0.15, 0.2) is 11.3 Å². The molecule has 0 spiro atoms. The Morgan fingerprint density at radius 1 is 1.65 bits per heavy atom. The molecule has 0 bridgehead atoms. The van der Waals surface area contributed by atoms with Gasteiger partial charge in [0.05, 0.1) is 12.5 Å². The Kier molecular flexibility index (Phi) is 3.42. The van der Waals surface area contributed by atoms with Crippen LogP contribution >= 0.6 is 11.8 Å². The van der Waals surface area contributed by atoms with Gasteiger partial charge in [0.2, 0.25) is 5.91 Å². The van der Waals surface area contributed by atoms with E-state index in [-0.39, 0.29) is 27.9 Å². The molecule has 2 aliphatic rings. The maximum Gasteiger partial charge on any atom is 0.352 e. The summed E-state index contributed by atoms with van der Waals surface area (Å²) in [7, 11) is 0.124. The molecular formula is C10H15N2O3S2+. The number of fused-ring (bicyclic) bond motifs is 1. The molecule has 2 aliphatic heterocycles. The number of nitrogens with two attached hydrogens (primary N) is 1. The number of carbonyl (C=O) groups excluding carboxylic acids is 1. The standard InChI is InChI=1S/C10H14N2O3S2/c1-17(2)4-5-3-16-9-6(11)8(13)12(9)7(5)10(14)15/h6,9H,3-4,11H2,1-2H3/p+1/t6?,9-/m0/s1. The van der Waals surface area contributed by atoms with Gasteiger partial charge in [-0.15, -0.1) is 11.8 Å². The number of rotatable bonds is 3. The quantitative estimate of drug-likeness (QED) is 0.533. The van der Waals surface area contributed by atoms with E-state index in [2.05, 4.69) is 12.5 Å². The molecule has 3 N–H and O–H groups in total. The Morgan fingerprint density at radius 3 is 2.82 bits per heavy atom. The van der Waals surface area contributed by atoms with Crippen molar-refractivity contribution in [3.63, 3.8) is 0 Å². The predicted octanol–water partition coefficient (Wildman–Crippen LogP) is -0.555. The number of thioether (sulfide) groups is 1. The van der Waals surface area contributed by atoms with Gasteiger partial charge in [-0.1, -0.05) is 0 Å². The molecule has 7 heteroatoms. The summed E-state index contributed by atoms with van der Waals surface area (Å²) in [6, 6.07) is -0.544. The van der Waals surface area contributed by atoms with Crippen molar-refractivity contribution in [3.8, 4) is 0 Å². The Balaban J connectivity index is 2.33. The first kappa shape index (κ1) is 12.8. The Morgan fingerprint density at radius 2 is 2.29 bits per heavy atom. The fourth-order valence-electron chi connectivity index (χ4n) is 2.04. The molecule has 2 rings (SSSR count). The molecular weight excluding hydrogens is 260 g/mol. The summed E-state index contributed by atoms with van der Waals surface area (Å²) in [4.78, 5) is 24.3. The van der Waals surface area contributed by atoms with Crippen molar-refractivity contribution >= 4 is 34.5 Å². The monoisotopic (exact) mass is 275 g/mol. The van der Waals surface area contributed by atoms with E-state index in [4.69, 9.17) is 5.73 Å². The van der Waals surface area contributed by atoms with Crippen LogP contribution in [0.1, 0.15) is 0 Å². The van der Waals surface area contributed by atoms with E-state index in [1.807, 2.05) is 0 Å². The van der Waals surface area contributed by atoms with Crippen LogP contribution < -0.4 is 5.73 Å². The van der Waals surface area contributed by atoms with E-state index in [0.29, 0.717) is 5.75 Å². The second-order valence-electron chi connectivity index (χ2n) is 4.32. The highest BCUT2D eigenvalue weighted by Gasteiger charge is 2.52. The number of amides is 1. The molecule has 17 heavy (non-hydrogen) atoms. The minimum absolute atomic E-state index is 0.124. The highest BCUT2D eigenvalue weighted by Crippen LogP contribution is 2.39. The van der Waals surface area contributed by atoms with Crippen LogP contribution in [-0.4, -0.2) is 57.3 Å². The smallest absolute Gasteiger partial charge is 0.352 e. The molecule has 0 aliphatic carbocycles. The first-order chi connectivity index (χ1) is 7.93. The predicted molar refractivity (Wildman–Crippen MR) is 69.8 cm³/mol. The number of carboxylic acids is 1. The topological polar surface area (TPSA) is 83.6 Å². The van der Waals surface area contributed by atoms with E-state index >= 15 is 0 Å². The molecule has 5 nitrogen and oxygen atoms in total. The van der Waals surface area contributed by atoms with E-state index in [0.717, 1.165) is 11.3 Å². The third-order valence-electron chi connectivity index (χ3n) is 2.75.